The van der Waals surface area contributed by atoms with E-state index >= 15 is 0 Å². The highest BCUT2D eigenvalue weighted by Crippen LogP contribution is 2.44. The fraction of sp³-hybridized carbons (Fsp3) is 0.542. The predicted octanol–water partition coefficient (Wildman–Crippen LogP) is 3.68. The zero-order valence-corrected chi connectivity index (χ0v) is 18.0. The summed E-state index contributed by atoms with van der Waals surface area (Å²) in [4.78, 5) is 30.9. The number of aromatic nitrogens is 2. The minimum atomic E-state index is -0.314. The van der Waals surface area contributed by atoms with Gasteiger partial charge in [-0.15, -0.1) is 0 Å². The van der Waals surface area contributed by atoms with E-state index < -0.39 is 0 Å². The van der Waals surface area contributed by atoms with Gasteiger partial charge in [0.05, 0.1) is 0 Å². The summed E-state index contributed by atoms with van der Waals surface area (Å²) in [5.41, 5.74) is 2.94. The minimum absolute atomic E-state index is 0.00955. The van der Waals surface area contributed by atoms with Crippen molar-refractivity contribution in [1.29, 1.82) is 0 Å². The molecule has 4 rings (SSSR count). The van der Waals surface area contributed by atoms with Crippen LogP contribution in [-0.2, 0) is 23.8 Å². The van der Waals surface area contributed by atoms with Gasteiger partial charge in [0.25, 0.3) is 11.5 Å². The van der Waals surface area contributed by atoms with E-state index in [1.165, 1.54) is 30.0 Å². The van der Waals surface area contributed by atoms with Crippen LogP contribution in [0.5, 0.6) is 0 Å². The molecule has 2 aliphatic rings. The van der Waals surface area contributed by atoms with Gasteiger partial charge < -0.3 is 9.47 Å². The van der Waals surface area contributed by atoms with Crippen LogP contribution in [-0.4, -0.2) is 34.0 Å². The second-order valence-electron chi connectivity index (χ2n) is 9.77. The molecule has 0 radical (unpaired) electrons. The van der Waals surface area contributed by atoms with E-state index in [1.807, 2.05) is 4.57 Å². The van der Waals surface area contributed by atoms with E-state index in [-0.39, 0.29) is 22.3 Å². The standard InChI is InChI=1S/C24H31N3O2/c1-23(2,3)17-7-9-18(10-8-17)24(11-5-6-12-24)16-20-25-21(28)15-19-22(29)26(4)13-14-27(19)20/h7-10,15H,5-6,11-14,16H2,1-4H3. The SMILES string of the molecule is CN1CCn2c(cc(=O)nc2CC2(c3ccc(C(C)(C)C)cc3)CCCC2)C1=O. The Balaban J connectivity index is 1.74. The number of rotatable bonds is 3. The summed E-state index contributed by atoms with van der Waals surface area (Å²) < 4.78 is 1.98. The van der Waals surface area contributed by atoms with Crippen molar-refractivity contribution in [2.24, 2.45) is 0 Å². The molecule has 0 saturated heterocycles. The number of nitrogens with zero attached hydrogens (tertiary/aromatic N) is 3. The molecule has 1 fully saturated rings. The fourth-order valence-corrected chi connectivity index (χ4v) is 4.91. The molecule has 1 saturated carbocycles. The first-order valence-electron chi connectivity index (χ1n) is 10.7. The molecule has 29 heavy (non-hydrogen) atoms. The number of amides is 1. The van der Waals surface area contributed by atoms with Crippen molar-refractivity contribution in [2.75, 3.05) is 13.6 Å². The first-order valence-corrected chi connectivity index (χ1v) is 10.7. The highest BCUT2D eigenvalue weighted by atomic mass is 16.2. The lowest BCUT2D eigenvalue weighted by molar-refractivity contribution is 0.0743. The second-order valence-corrected chi connectivity index (χ2v) is 9.77. The average molecular weight is 394 g/mol. The maximum absolute atomic E-state index is 12.6. The summed E-state index contributed by atoms with van der Waals surface area (Å²) in [5, 5.41) is 0. The van der Waals surface area contributed by atoms with Crippen molar-refractivity contribution < 1.29 is 4.79 Å². The van der Waals surface area contributed by atoms with Gasteiger partial charge in [-0.25, -0.2) is 0 Å². The Kier molecular flexibility index (Phi) is 4.88. The van der Waals surface area contributed by atoms with Crippen molar-refractivity contribution >= 4 is 5.91 Å². The van der Waals surface area contributed by atoms with E-state index in [4.69, 9.17) is 0 Å². The van der Waals surface area contributed by atoms with Gasteiger partial charge in [0.2, 0.25) is 0 Å². The highest BCUT2D eigenvalue weighted by molar-refractivity contribution is 5.93. The van der Waals surface area contributed by atoms with Crippen molar-refractivity contribution in [2.45, 2.75) is 70.3 Å². The number of hydrogen-bond donors (Lipinski definition) is 0. The average Bonchev–Trinajstić information content (AvgIpc) is 3.14. The Labute approximate surface area is 172 Å². The molecule has 5 heteroatoms. The molecular formula is C24H31N3O2. The van der Waals surface area contributed by atoms with Gasteiger partial charge in [-0.1, -0.05) is 57.9 Å². The normalized spacial score (nSPS) is 18.8. The number of carbonyl (C=O) groups is 1. The highest BCUT2D eigenvalue weighted by Gasteiger charge is 2.38. The van der Waals surface area contributed by atoms with Crippen LogP contribution in [0.1, 0.15) is 73.9 Å². The first kappa shape index (κ1) is 19.9. The maximum Gasteiger partial charge on any atom is 0.273 e. The number of likely N-dealkylation sites (N-methyl/N-ethyl adjacent to an activating group) is 1. The van der Waals surface area contributed by atoms with Gasteiger partial charge in [-0.05, 0) is 29.4 Å². The molecule has 0 bridgehead atoms. The Morgan fingerprint density at radius 2 is 1.69 bits per heavy atom. The van der Waals surface area contributed by atoms with Gasteiger partial charge in [0.15, 0.2) is 0 Å². The molecule has 1 aliphatic carbocycles. The fourth-order valence-electron chi connectivity index (χ4n) is 4.91. The van der Waals surface area contributed by atoms with Crippen LogP contribution < -0.4 is 5.56 Å². The zero-order chi connectivity index (χ0) is 20.8. The number of hydrogen-bond acceptors (Lipinski definition) is 3. The maximum atomic E-state index is 12.6. The number of benzene rings is 1. The van der Waals surface area contributed by atoms with Crippen LogP contribution in [0.15, 0.2) is 35.1 Å². The van der Waals surface area contributed by atoms with Gasteiger partial charge >= 0.3 is 0 Å². The summed E-state index contributed by atoms with van der Waals surface area (Å²) in [6.45, 7) is 8.03. The quantitative estimate of drug-likeness (QED) is 0.799. The summed E-state index contributed by atoms with van der Waals surface area (Å²) in [5.74, 6) is 0.669. The van der Waals surface area contributed by atoms with E-state index in [1.54, 1.807) is 11.9 Å². The van der Waals surface area contributed by atoms with Crippen LogP contribution in [0, 0.1) is 0 Å². The van der Waals surface area contributed by atoms with Crippen molar-refractivity contribution in [3.63, 3.8) is 0 Å². The van der Waals surface area contributed by atoms with E-state index in [0.717, 1.165) is 18.7 Å². The lowest BCUT2D eigenvalue weighted by Crippen LogP contribution is -2.41. The second kappa shape index (κ2) is 7.12. The lowest BCUT2D eigenvalue weighted by Gasteiger charge is -2.33. The van der Waals surface area contributed by atoms with Crippen molar-refractivity contribution in [1.82, 2.24) is 14.5 Å². The molecule has 2 aromatic rings. The Morgan fingerprint density at radius 1 is 1.03 bits per heavy atom. The monoisotopic (exact) mass is 393 g/mol. The zero-order valence-electron chi connectivity index (χ0n) is 18.0. The molecule has 0 unspecified atom stereocenters. The van der Waals surface area contributed by atoms with Gasteiger partial charge in [0.1, 0.15) is 11.5 Å². The molecule has 2 heterocycles. The molecule has 5 nitrogen and oxygen atoms in total. The van der Waals surface area contributed by atoms with E-state index in [0.29, 0.717) is 25.2 Å². The summed E-state index contributed by atoms with van der Waals surface area (Å²) >= 11 is 0. The molecule has 1 aromatic carbocycles. The smallest absolute Gasteiger partial charge is 0.273 e. The Hall–Kier alpha value is -2.43. The molecule has 0 N–H and O–H groups in total. The third kappa shape index (κ3) is 3.63. The topological polar surface area (TPSA) is 55.2 Å². The summed E-state index contributed by atoms with van der Waals surface area (Å²) in [6, 6.07) is 10.4. The first-order chi connectivity index (χ1) is 13.7. The summed E-state index contributed by atoms with van der Waals surface area (Å²) in [6.07, 6.45) is 5.27. The molecular weight excluding hydrogens is 362 g/mol. The van der Waals surface area contributed by atoms with E-state index in [9.17, 15) is 9.59 Å². The third-order valence-corrected chi connectivity index (χ3v) is 6.75. The van der Waals surface area contributed by atoms with E-state index in [2.05, 4.69) is 50.0 Å². The van der Waals surface area contributed by atoms with Crippen LogP contribution in [0.25, 0.3) is 0 Å². The number of fused-ring (bicyclic) bond motifs is 1. The summed E-state index contributed by atoms with van der Waals surface area (Å²) in [7, 11) is 1.78. The molecule has 0 atom stereocenters. The largest absolute Gasteiger partial charge is 0.339 e. The van der Waals surface area contributed by atoms with Crippen molar-refractivity contribution in [3.05, 3.63) is 63.3 Å². The lowest BCUT2D eigenvalue weighted by atomic mass is 9.74. The van der Waals surface area contributed by atoms with Gasteiger partial charge in [0, 0.05) is 38.0 Å². The molecule has 0 spiro atoms. The van der Waals surface area contributed by atoms with Crippen LogP contribution in [0.2, 0.25) is 0 Å². The Bertz CT molecular complexity index is 977. The van der Waals surface area contributed by atoms with Crippen LogP contribution in [0.3, 0.4) is 0 Å². The number of carbonyl (C=O) groups excluding carboxylic acids is 1. The Morgan fingerprint density at radius 3 is 2.31 bits per heavy atom. The minimum Gasteiger partial charge on any atom is -0.339 e. The molecule has 154 valence electrons. The molecule has 1 aliphatic heterocycles. The van der Waals surface area contributed by atoms with Gasteiger partial charge in [-0.2, -0.15) is 4.98 Å². The van der Waals surface area contributed by atoms with Crippen LogP contribution >= 0.6 is 0 Å². The molecule has 1 amide bonds. The van der Waals surface area contributed by atoms with Crippen molar-refractivity contribution in [3.8, 4) is 0 Å². The van der Waals surface area contributed by atoms with Gasteiger partial charge in [-0.3, -0.25) is 9.59 Å². The predicted molar refractivity (Wildman–Crippen MR) is 114 cm³/mol. The van der Waals surface area contributed by atoms with Crippen LogP contribution in [0.4, 0.5) is 0 Å². The molecule has 1 aromatic heterocycles. The third-order valence-electron chi connectivity index (χ3n) is 6.75.